The Bertz CT molecular complexity index is 406. The highest BCUT2D eigenvalue weighted by Crippen LogP contribution is 2.23. The second-order valence-electron chi connectivity index (χ2n) is 2.70. The van der Waals surface area contributed by atoms with Crippen LogP contribution in [0.3, 0.4) is 0 Å². The molecule has 2 nitrogen and oxygen atoms in total. The Labute approximate surface area is 78.9 Å². The lowest BCUT2D eigenvalue weighted by atomic mass is 10.2. The van der Waals surface area contributed by atoms with Gasteiger partial charge in [0.1, 0.15) is 0 Å². The Hall–Kier alpha value is -0.800. The van der Waals surface area contributed by atoms with Gasteiger partial charge in [-0.3, -0.25) is 0 Å². The molecule has 0 aliphatic carbocycles. The van der Waals surface area contributed by atoms with Gasteiger partial charge in [0, 0.05) is 27.6 Å². The number of nitrogens with one attached hydrogen (secondary N) is 1. The first-order chi connectivity index (χ1) is 5.81. The van der Waals surface area contributed by atoms with Crippen molar-refractivity contribution in [2.75, 3.05) is 0 Å². The first-order valence-electron chi connectivity index (χ1n) is 3.77. The molecule has 0 aliphatic heterocycles. The van der Waals surface area contributed by atoms with E-state index in [0.717, 1.165) is 15.7 Å². The van der Waals surface area contributed by atoms with Crippen LogP contribution in [0.5, 0.6) is 0 Å². The maximum Gasteiger partial charge on any atom is 0.0467 e. The van der Waals surface area contributed by atoms with Gasteiger partial charge in [-0.25, -0.2) is 0 Å². The summed E-state index contributed by atoms with van der Waals surface area (Å²) >= 11 is 3.48. The van der Waals surface area contributed by atoms with Gasteiger partial charge in [0.2, 0.25) is 0 Å². The molecule has 0 saturated carbocycles. The van der Waals surface area contributed by atoms with Gasteiger partial charge in [-0.2, -0.15) is 0 Å². The number of nitrogens with two attached hydrogens (primary N) is 1. The Morgan fingerprint density at radius 1 is 1.42 bits per heavy atom. The normalized spacial score (nSPS) is 10.8. The number of benzene rings is 1. The van der Waals surface area contributed by atoms with E-state index >= 15 is 0 Å². The van der Waals surface area contributed by atoms with E-state index in [1.54, 1.807) is 0 Å². The average molecular weight is 225 g/mol. The topological polar surface area (TPSA) is 41.8 Å². The van der Waals surface area contributed by atoms with Crippen LogP contribution in [0.15, 0.2) is 28.7 Å². The molecule has 0 saturated heterocycles. The average Bonchev–Trinajstić information content (AvgIpc) is 2.49. The summed E-state index contributed by atoms with van der Waals surface area (Å²) in [4.78, 5) is 3.23. The molecule has 3 N–H and O–H groups in total. The Balaban J connectivity index is 2.74. The van der Waals surface area contributed by atoms with Crippen molar-refractivity contribution in [3.8, 4) is 0 Å². The van der Waals surface area contributed by atoms with Crippen LogP contribution < -0.4 is 5.73 Å². The van der Waals surface area contributed by atoms with Gasteiger partial charge in [0.25, 0.3) is 0 Å². The molecule has 0 aliphatic rings. The molecule has 2 rings (SSSR count). The summed E-state index contributed by atoms with van der Waals surface area (Å²) in [5.74, 6) is 0. The highest BCUT2D eigenvalue weighted by atomic mass is 79.9. The lowest BCUT2D eigenvalue weighted by Gasteiger charge is -1.90. The zero-order valence-electron chi connectivity index (χ0n) is 6.47. The van der Waals surface area contributed by atoms with E-state index in [1.807, 2.05) is 18.2 Å². The molecular weight excluding hydrogens is 216 g/mol. The summed E-state index contributed by atoms with van der Waals surface area (Å²) in [6.45, 7) is 0.557. The summed E-state index contributed by atoms with van der Waals surface area (Å²) in [6.07, 6.45) is 0. The van der Waals surface area contributed by atoms with Gasteiger partial charge < -0.3 is 10.7 Å². The van der Waals surface area contributed by atoms with Gasteiger partial charge >= 0.3 is 0 Å². The Kier molecular flexibility index (Phi) is 1.90. The summed E-state index contributed by atoms with van der Waals surface area (Å²) in [6, 6.07) is 8.14. The number of halogens is 1. The van der Waals surface area contributed by atoms with E-state index in [9.17, 15) is 0 Å². The summed E-state index contributed by atoms with van der Waals surface area (Å²) < 4.78 is 1.11. The number of hydrogen-bond donors (Lipinski definition) is 2. The molecule has 0 bridgehead atoms. The van der Waals surface area contributed by atoms with Crippen molar-refractivity contribution >= 4 is 26.8 Å². The van der Waals surface area contributed by atoms with Crippen LogP contribution >= 0.6 is 15.9 Å². The predicted molar refractivity (Wildman–Crippen MR) is 53.9 cm³/mol. The standard InChI is InChI=1S/C9H9BrN2/c10-8-2-1-3-9-7(8)4-6(5-11)12-9/h1-4,12H,5,11H2. The lowest BCUT2D eigenvalue weighted by Crippen LogP contribution is -1.94. The fourth-order valence-electron chi connectivity index (χ4n) is 1.29. The lowest BCUT2D eigenvalue weighted by molar-refractivity contribution is 1.02. The highest BCUT2D eigenvalue weighted by Gasteiger charge is 2.00. The van der Waals surface area contributed by atoms with E-state index in [0.29, 0.717) is 6.54 Å². The molecule has 0 atom stereocenters. The van der Waals surface area contributed by atoms with Crippen LogP contribution in [-0.4, -0.2) is 4.98 Å². The van der Waals surface area contributed by atoms with E-state index < -0.39 is 0 Å². The van der Waals surface area contributed by atoms with Crippen molar-refractivity contribution in [1.82, 2.24) is 4.98 Å². The minimum absolute atomic E-state index is 0.557. The first-order valence-corrected chi connectivity index (χ1v) is 4.57. The summed E-state index contributed by atoms with van der Waals surface area (Å²) in [7, 11) is 0. The molecule has 0 radical (unpaired) electrons. The quantitative estimate of drug-likeness (QED) is 0.768. The van der Waals surface area contributed by atoms with Crippen molar-refractivity contribution in [3.63, 3.8) is 0 Å². The second kappa shape index (κ2) is 2.92. The third kappa shape index (κ3) is 1.15. The Morgan fingerprint density at radius 2 is 2.25 bits per heavy atom. The molecular formula is C9H9BrN2. The van der Waals surface area contributed by atoms with Crippen molar-refractivity contribution in [1.29, 1.82) is 0 Å². The number of aromatic amines is 1. The summed E-state index contributed by atoms with van der Waals surface area (Å²) in [5, 5.41) is 1.19. The molecule has 0 spiro atoms. The van der Waals surface area contributed by atoms with Crippen LogP contribution in [0, 0.1) is 0 Å². The number of fused-ring (bicyclic) bond motifs is 1. The van der Waals surface area contributed by atoms with Gasteiger partial charge in [-0.15, -0.1) is 0 Å². The van der Waals surface area contributed by atoms with E-state index in [-0.39, 0.29) is 0 Å². The monoisotopic (exact) mass is 224 g/mol. The maximum atomic E-state index is 5.52. The third-order valence-electron chi connectivity index (χ3n) is 1.89. The van der Waals surface area contributed by atoms with Gasteiger partial charge in [0.15, 0.2) is 0 Å². The predicted octanol–water partition coefficient (Wildman–Crippen LogP) is 2.39. The SMILES string of the molecule is NCc1cc2c(Br)cccc2[nH]1. The van der Waals surface area contributed by atoms with Crippen molar-refractivity contribution in [2.45, 2.75) is 6.54 Å². The zero-order valence-corrected chi connectivity index (χ0v) is 8.06. The van der Waals surface area contributed by atoms with Crippen LogP contribution in [0.25, 0.3) is 10.9 Å². The summed E-state index contributed by atoms with van der Waals surface area (Å²) in [5.41, 5.74) is 7.71. The third-order valence-corrected chi connectivity index (χ3v) is 2.58. The number of H-pyrrole nitrogens is 1. The molecule has 0 fully saturated rings. The van der Waals surface area contributed by atoms with E-state index in [4.69, 9.17) is 5.73 Å². The van der Waals surface area contributed by atoms with Crippen molar-refractivity contribution in [2.24, 2.45) is 5.73 Å². The highest BCUT2D eigenvalue weighted by molar-refractivity contribution is 9.10. The fraction of sp³-hybridized carbons (Fsp3) is 0.111. The molecule has 1 aromatic heterocycles. The molecule has 0 amide bonds. The van der Waals surface area contributed by atoms with E-state index in [1.165, 1.54) is 5.39 Å². The zero-order chi connectivity index (χ0) is 8.55. The molecule has 62 valence electrons. The first kappa shape index (κ1) is 7.83. The Morgan fingerprint density at radius 3 is 2.92 bits per heavy atom. The second-order valence-corrected chi connectivity index (χ2v) is 3.55. The number of rotatable bonds is 1. The minimum atomic E-state index is 0.557. The van der Waals surface area contributed by atoms with Crippen LogP contribution in [0.4, 0.5) is 0 Å². The largest absolute Gasteiger partial charge is 0.357 e. The van der Waals surface area contributed by atoms with Crippen LogP contribution in [0.2, 0.25) is 0 Å². The fourth-order valence-corrected chi connectivity index (χ4v) is 1.77. The van der Waals surface area contributed by atoms with Gasteiger partial charge in [0.05, 0.1) is 0 Å². The number of aromatic nitrogens is 1. The maximum absolute atomic E-state index is 5.52. The van der Waals surface area contributed by atoms with E-state index in [2.05, 4.69) is 27.0 Å². The smallest absolute Gasteiger partial charge is 0.0467 e. The van der Waals surface area contributed by atoms with Crippen molar-refractivity contribution < 1.29 is 0 Å². The molecule has 0 unspecified atom stereocenters. The molecule has 1 heterocycles. The minimum Gasteiger partial charge on any atom is -0.357 e. The number of hydrogen-bond acceptors (Lipinski definition) is 1. The van der Waals surface area contributed by atoms with Crippen LogP contribution in [0.1, 0.15) is 5.69 Å². The molecule has 2 aromatic rings. The van der Waals surface area contributed by atoms with Crippen LogP contribution in [-0.2, 0) is 6.54 Å². The molecule has 1 aromatic carbocycles. The van der Waals surface area contributed by atoms with Gasteiger partial charge in [-0.1, -0.05) is 22.0 Å². The molecule has 3 heteroatoms. The molecule has 12 heavy (non-hydrogen) atoms. The van der Waals surface area contributed by atoms with Crippen molar-refractivity contribution in [3.05, 3.63) is 34.4 Å². The van der Waals surface area contributed by atoms with Gasteiger partial charge in [-0.05, 0) is 18.2 Å².